The Morgan fingerprint density at radius 1 is 0.742 bits per heavy atom. The topological polar surface area (TPSA) is 62.1 Å². The summed E-state index contributed by atoms with van der Waals surface area (Å²) in [6, 6.07) is 0. The van der Waals surface area contributed by atoms with Crippen molar-refractivity contribution in [3.05, 3.63) is 12.2 Å². The molecule has 0 aromatic heterocycles. The Hall–Kier alpha value is -0.870. The van der Waals surface area contributed by atoms with Crippen LogP contribution in [0.1, 0.15) is 129 Å². The van der Waals surface area contributed by atoms with Crippen LogP contribution in [0.2, 0.25) is 0 Å². The molecule has 0 aliphatic carbocycles. The van der Waals surface area contributed by atoms with Crippen LogP contribution < -0.4 is 0 Å². The molecule has 0 saturated heterocycles. The summed E-state index contributed by atoms with van der Waals surface area (Å²) in [4.78, 5) is 4.35. The van der Waals surface area contributed by atoms with Crippen LogP contribution in [0.15, 0.2) is 17.1 Å². The number of hydrogen-bond acceptors (Lipinski definition) is 4. The van der Waals surface area contributed by atoms with E-state index in [0.29, 0.717) is 5.90 Å². The van der Waals surface area contributed by atoms with Gasteiger partial charge in [-0.3, -0.25) is 0 Å². The van der Waals surface area contributed by atoms with Crippen LogP contribution in [-0.4, -0.2) is 41.5 Å². The number of rotatable bonds is 22. The standard InChI is InChI=1S/C27H51NO3/c1-3-4-5-6-7-8-9-10-11-12-13-14-15-16-17-18-19-20-21-25(2)26-28-27(22-29,23-30)24-31-26/h29-30H,2-24H2,1H3. The number of aliphatic hydroxyl groups excluding tert-OH is 2. The van der Waals surface area contributed by atoms with Crippen molar-refractivity contribution in [3.63, 3.8) is 0 Å². The zero-order valence-corrected chi connectivity index (χ0v) is 20.5. The lowest BCUT2D eigenvalue weighted by Crippen LogP contribution is -2.37. The van der Waals surface area contributed by atoms with Gasteiger partial charge in [-0.1, -0.05) is 123 Å². The number of aliphatic hydroxyl groups is 2. The Kier molecular flexibility index (Phi) is 17.0. The highest BCUT2D eigenvalue weighted by molar-refractivity contribution is 5.94. The number of hydrogen-bond donors (Lipinski definition) is 2. The van der Waals surface area contributed by atoms with Crippen LogP contribution in [0.5, 0.6) is 0 Å². The molecule has 0 fully saturated rings. The normalized spacial score (nSPS) is 15.1. The summed E-state index contributed by atoms with van der Waals surface area (Å²) in [6.07, 6.45) is 25.7. The number of nitrogens with zero attached hydrogens (tertiary/aromatic N) is 1. The van der Waals surface area contributed by atoms with E-state index in [1.807, 2.05) is 0 Å². The van der Waals surface area contributed by atoms with E-state index in [-0.39, 0.29) is 19.8 Å². The van der Waals surface area contributed by atoms with E-state index in [4.69, 9.17) is 4.74 Å². The van der Waals surface area contributed by atoms with E-state index in [1.165, 1.54) is 109 Å². The van der Waals surface area contributed by atoms with Gasteiger partial charge in [-0.25, -0.2) is 4.99 Å². The van der Waals surface area contributed by atoms with Crippen LogP contribution in [0, 0.1) is 0 Å². The lowest BCUT2D eigenvalue weighted by atomic mass is 10.0. The molecule has 0 amide bonds. The van der Waals surface area contributed by atoms with Gasteiger partial charge in [0.05, 0.1) is 13.2 Å². The second-order valence-corrected chi connectivity index (χ2v) is 9.61. The van der Waals surface area contributed by atoms with Crippen LogP contribution in [0.3, 0.4) is 0 Å². The van der Waals surface area contributed by atoms with Gasteiger partial charge in [-0.15, -0.1) is 0 Å². The molecule has 0 aromatic carbocycles. The van der Waals surface area contributed by atoms with Gasteiger partial charge in [0.1, 0.15) is 12.1 Å². The predicted octanol–water partition coefficient (Wildman–Crippen LogP) is 7.13. The molecule has 182 valence electrons. The molecule has 0 spiro atoms. The molecular weight excluding hydrogens is 386 g/mol. The quantitative estimate of drug-likeness (QED) is 0.177. The zero-order valence-electron chi connectivity index (χ0n) is 20.5. The maximum Gasteiger partial charge on any atom is 0.212 e. The second kappa shape index (κ2) is 18.7. The molecule has 4 heteroatoms. The zero-order chi connectivity index (χ0) is 22.6. The molecule has 1 aliphatic rings. The summed E-state index contributed by atoms with van der Waals surface area (Å²) in [6.45, 7) is 6.20. The molecule has 0 unspecified atom stereocenters. The first-order valence-electron chi connectivity index (χ1n) is 13.3. The largest absolute Gasteiger partial charge is 0.475 e. The molecule has 0 aromatic rings. The second-order valence-electron chi connectivity index (χ2n) is 9.61. The average molecular weight is 438 g/mol. The molecule has 1 heterocycles. The first-order chi connectivity index (χ1) is 15.2. The van der Waals surface area contributed by atoms with Crippen LogP contribution >= 0.6 is 0 Å². The third-order valence-electron chi connectivity index (χ3n) is 6.54. The number of ether oxygens (including phenoxy) is 1. The molecule has 0 bridgehead atoms. The maximum atomic E-state index is 9.38. The van der Waals surface area contributed by atoms with Crippen molar-refractivity contribution in [3.8, 4) is 0 Å². The Morgan fingerprint density at radius 3 is 1.48 bits per heavy atom. The Bertz CT molecular complexity index is 471. The SMILES string of the molecule is C=C(CCCCCCCCCCCCCCCCCCCC)C1=NC(CO)(CO)CO1. The van der Waals surface area contributed by atoms with Gasteiger partial charge in [0, 0.05) is 5.57 Å². The van der Waals surface area contributed by atoms with Crippen LogP contribution in [-0.2, 0) is 4.74 Å². The Labute approximate surface area is 192 Å². The fraction of sp³-hybridized carbons (Fsp3) is 0.889. The molecular formula is C27H51NO3. The number of aliphatic imine (C=N–C) groups is 1. The van der Waals surface area contributed by atoms with Gasteiger partial charge >= 0.3 is 0 Å². The van der Waals surface area contributed by atoms with Gasteiger partial charge in [0.2, 0.25) is 5.90 Å². The Morgan fingerprint density at radius 2 is 1.13 bits per heavy atom. The summed E-state index contributed by atoms with van der Waals surface area (Å²) < 4.78 is 5.53. The van der Waals surface area contributed by atoms with E-state index in [1.54, 1.807) is 0 Å². The fourth-order valence-electron chi connectivity index (χ4n) is 4.22. The molecule has 4 nitrogen and oxygen atoms in total. The van der Waals surface area contributed by atoms with Gasteiger partial charge < -0.3 is 14.9 Å². The maximum absolute atomic E-state index is 9.38. The lowest BCUT2D eigenvalue weighted by Gasteiger charge is -2.16. The highest BCUT2D eigenvalue weighted by Gasteiger charge is 2.36. The molecule has 31 heavy (non-hydrogen) atoms. The molecule has 1 rings (SSSR count). The van der Waals surface area contributed by atoms with Crippen molar-refractivity contribution in [2.45, 2.75) is 134 Å². The third kappa shape index (κ3) is 13.3. The van der Waals surface area contributed by atoms with Crippen molar-refractivity contribution < 1.29 is 14.9 Å². The van der Waals surface area contributed by atoms with Gasteiger partial charge in [0.25, 0.3) is 0 Å². The van der Waals surface area contributed by atoms with E-state index in [0.717, 1.165) is 18.4 Å². The first-order valence-corrected chi connectivity index (χ1v) is 13.3. The summed E-state index contributed by atoms with van der Waals surface area (Å²) >= 11 is 0. The van der Waals surface area contributed by atoms with E-state index < -0.39 is 5.54 Å². The van der Waals surface area contributed by atoms with Gasteiger partial charge in [-0.2, -0.15) is 0 Å². The Balaban J connectivity index is 1.82. The monoisotopic (exact) mass is 437 g/mol. The van der Waals surface area contributed by atoms with E-state index in [9.17, 15) is 10.2 Å². The molecule has 0 saturated carbocycles. The van der Waals surface area contributed by atoms with Crippen molar-refractivity contribution >= 4 is 5.90 Å². The lowest BCUT2D eigenvalue weighted by molar-refractivity contribution is 0.0976. The minimum atomic E-state index is -0.869. The molecule has 0 atom stereocenters. The van der Waals surface area contributed by atoms with Gasteiger partial charge in [-0.05, 0) is 12.8 Å². The van der Waals surface area contributed by atoms with Crippen LogP contribution in [0.4, 0.5) is 0 Å². The van der Waals surface area contributed by atoms with E-state index in [2.05, 4.69) is 18.5 Å². The molecule has 1 aliphatic heterocycles. The summed E-state index contributed by atoms with van der Waals surface area (Å²) in [5.41, 5.74) is 0.0202. The molecule has 2 N–H and O–H groups in total. The highest BCUT2D eigenvalue weighted by Crippen LogP contribution is 2.23. The summed E-state index contributed by atoms with van der Waals surface area (Å²) in [5.74, 6) is 0.523. The number of unbranched alkanes of at least 4 members (excludes halogenated alkanes) is 17. The highest BCUT2D eigenvalue weighted by atomic mass is 16.5. The minimum Gasteiger partial charge on any atom is -0.475 e. The predicted molar refractivity (Wildman–Crippen MR) is 133 cm³/mol. The minimum absolute atomic E-state index is 0.195. The smallest absolute Gasteiger partial charge is 0.212 e. The fourth-order valence-corrected chi connectivity index (χ4v) is 4.22. The van der Waals surface area contributed by atoms with E-state index >= 15 is 0 Å². The first kappa shape index (κ1) is 28.2. The van der Waals surface area contributed by atoms with Crippen molar-refractivity contribution in [1.29, 1.82) is 0 Å². The van der Waals surface area contributed by atoms with Crippen molar-refractivity contribution in [2.75, 3.05) is 19.8 Å². The van der Waals surface area contributed by atoms with Gasteiger partial charge in [0.15, 0.2) is 0 Å². The summed E-state index contributed by atoms with van der Waals surface area (Å²) in [5, 5.41) is 18.8. The molecule has 0 radical (unpaired) electrons. The third-order valence-corrected chi connectivity index (χ3v) is 6.54. The van der Waals surface area contributed by atoms with Crippen LogP contribution in [0.25, 0.3) is 0 Å². The van der Waals surface area contributed by atoms with Crippen molar-refractivity contribution in [2.24, 2.45) is 4.99 Å². The van der Waals surface area contributed by atoms with Crippen molar-refractivity contribution in [1.82, 2.24) is 0 Å². The summed E-state index contributed by atoms with van der Waals surface area (Å²) in [7, 11) is 0. The average Bonchev–Trinajstić information content (AvgIpc) is 3.23.